The van der Waals surface area contributed by atoms with Gasteiger partial charge in [0.1, 0.15) is 0 Å². The lowest BCUT2D eigenvalue weighted by Crippen LogP contribution is -2.38. The molecule has 2 N–H and O–H groups in total. The second-order valence-electron chi connectivity index (χ2n) is 6.77. The minimum absolute atomic E-state index is 0.170. The summed E-state index contributed by atoms with van der Waals surface area (Å²) in [6, 6.07) is 0. The summed E-state index contributed by atoms with van der Waals surface area (Å²) in [5.74, 6) is 0. The normalized spacial score (nSPS) is 21.2. The van der Waals surface area contributed by atoms with E-state index < -0.39 is 6.10 Å². The molecule has 0 amide bonds. The third-order valence-electron chi connectivity index (χ3n) is 4.00. The van der Waals surface area contributed by atoms with Crippen molar-refractivity contribution in [3.05, 3.63) is 0 Å². The van der Waals surface area contributed by atoms with Gasteiger partial charge in [0.15, 0.2) is 0 Å². The summed E-state index contributed by atoms with van der Waals surface area (Å²) < 4.78 is 5.58. The second-order valence-corrected chi connectivity index (χ2v) is 6.77. The van der Waals surface area contributed by atoms with Gasteiger partial charge in [0.05, 0.1) is 18.3 Å². The molecular formula is C15H31NO2. The minimum atomic E-state index is -0.403. The van der Waals surface area contributed by atoms with Gasteiger partial charge in [0.25, 0.3) is 0 Å². The first-order valence-electron chi connectivity index (χ1n) is 7.40. The van der Waals surface area contributed by atoms with Crippen LogP contribution < -0.4 is 5.32 Å². The van der Waals surface area contributed by atoms with E-state index in [0.29, 0.717) is 18.6 Å². The minimum Gasteiger partial charge on any atom is -0.389 e. The Morgan fingerprint density at radius 3 is 2.39 bits per heavy atom. The molecule has 18 heavy (non-hydrogen) atoms. The van der Waals surface area contributed by atoms with Crippen molar-refractivity contribution in [1.29, 1.82) is 0 Å². The molecule has 3 heteroatoms. The maximum Gasteiger partial charge on any atom is 0.0897 e. The zero-order valence-corrected chi connectivity index (χ0v) is 12.6. The Hall–Kier alpha value is -0.120. The average molecular weight is 257 g/mol. The van der Waals surface area contributed by atoms with Crippen LogP contribution in [0.15, 0.2) is 0 Å². The summed E-state index contributed by atoms with van der Waals surface area (Å²) in [6.07, 6.45) is 6.25. The Labute approximate surface area is 112 Å². The van der Waals surface area contributed by atoms with Gasteiger partial charge < -0.3 is 15.2 Å². The van der Waals surface area contributed by atoms with Gasteiger partial charge in [-0.15, -0.1) is 0 Å². The van der Waals surface area contributed by atoms with Crippen molar-refractivity contribution in [2.75, 3.05) is 19.7 Å². The van der Waals surface area contributed by atoms with Gasteiger partial charge in [-0.3, -0.25) is 0 Å². The van der Waals surface area contributed by atoms with Crippen molar-refractivity contribution in [3.8, 4) is 0 Å². The molecule has 1 unspecified atom stereocenters. The zero-order chi connectivity index (χ0) is 13.6. The van der Waals surface area contributed by atoms with Gasteiger partial charge in [-0.1, -0.05) is 19.8 Å². The molecule has 1 atom stereocenters. The van der Waals surface area contributed by atoms with Crippen LogP contribution in [-0.4, -0.2) is 36.5 Å². The SMILES string of the molecule is CCC1(CNCC(O)COC(C)(C)C)CCCC1. The van der Waals surface area contributed by atoms with E-state index in [0.717, 1.165) is 6.54 Å². The monoisotopic (exact) mass is 257 g/mol. The Morgan fingerprint density at radius 1 is 1.28 bits per heavy atom. The van der Waals surface area contributed by atoms with Gasteiger partial charge in [-0.05, 0) is 45.4 Å². The van der Waals surface area contributed by atoms with Crippen molar-refractivity contribution in [2.45, 2.75) is 71.5 Å². The van der Waals surface area contributed by atoms with E-state index in [1.807, 2.05) is 20.8 Å². The summed E-state index contributed by atoms with van der Waals surface area (Å²) in [7, 11) is 0. The maximum atomic E-state index is 9.86. The summed E-state index contributed by atoms with van der Waals surface area (Å²) in [6.45, 7) is 10.4. The molecule has 1 rings (SSSR count). The second kappa shape index (κ2) is 6.88. The molecule has 1 aliphatic rings. The standard InChI is InChI=1S/C15H31NO2/c1-5-15(8-6-7-9-15)12-16-10-13(17)11-18-14(2,3)4/h13,16-17H,5-12H2,1-4H3. The van der Waals surface area contributed by atoms with Gasteiger partial charge in [0.2, 0.25) is 0 Å². The smallest absolute Gasteiger partial charge is 0.0897 e. The molecule has 0 heterocycles. The van der Waals surface area contributed by atoms with Crippen LogP contribution >= 0.6 is 0 Å². The van der Waals surface area contributed by atoms with Crippen molar-refractivity contribution in [3.63, 3.8) is 0 Å². The highest BCUT2D eigenvalue weighted by Gasteiger charge is 2.31. The fourth-order valence-electron chi connectivity index (χ4n) is 2.69. The number of nitrogens with one attached hydrogen (secondary N) is 1. The quantitative estimate of drug-likeness (QED) is 0.737. The number of ether oxygens (including phenoxy) is 1. The van der Waals surface area contributed by atoms with Gasteiger partial charge >= 0.3 is 0 Å². The van der Waals surface area contributed by atoms with Crippen LogP contribution in [0.1, 0.15) is 59.8 Å². The van der Waals surface area contributed by atoms with Gasteiger partial charge in [-0.2, -0.15) is 0 Å². The van der Waals surface area contributed by atoms with E-state index in [4.69, 9.17) is 4.74 Å². The third-order valence-corrected chi connectivity index (χ3v) is 4.00. The molecule has 0 saturated heterocycles. The molecule has 0 aromatic heterocycles. The summed E-state index contributed by atoms with van der Waals surface area (Å²) in [5.41, 5.74) is 0.321. The highest BCUT2D eigenvalue weighted by atomic mass is 16.5. The number of aliphatic hydroxyl groups excluding tert-OH is 1. The zero-order valence-electron chi connectivity index (χ0n) is 12.6. The van der Waals surface area contributed by atoms with E-state index >= 15 is 0 Å². The summed E-state index contributed by atoms with van der Waals surface area (Å²) >= 11 is 0. The van der Waals surface area contributed by atoms with E-state index in [1.165, 1.54) is 32.1 Å². The lowest BCUT2D eigenvalue weighted by atomic mass is 9.83. The Kier molecular flexibility index (Phi) is 6.09. The van der Waals surface area contributed by atoms with Crippen LogP contribution in [0.2, 0.25) is 0 Å². The molecule has 3 nitrogen and oxygen atoms in total. The Balaban J connectivity index is 2.16. The predicted octanol–water partition coefficient (Wildman–Crippen LogP) is 2.72. The molecule has 0 aliphatic heterocycles. The van der Waals surface area contributed by atoms with Crippen LogP contribution in [0, 0.1) is 5.41 Å². The highest BCUT2D eigenvalue weighted by Crippen LogP contribution is 2.40. The lowest BCUT2D eigenvalue weighted by molar-refractivity contribution is -0.0482. The molecule has 0 aromatic carbocycles. The van der Waals surface area contributed by atoms with Crippen LogP contribution in [0.4, 0.5) is 0 Å². The molecule has 1 aliphatic carbocycles. The summed E-state index contributed by atoms with van der Waals surface area (Å²) in [5, 5.41) is 13.3. The predicted molar refractivity (Wildman–Crippen MR) is 75.8 cm³/mol. The first-order chi connectivity index (χ1) is 8.37. The number of aliphatic hydroxyl groups is 1. The highest BCUT2D eigenvalue weighted by molar-refractivity contribution is 4.85. The van der Waals surface area contributed by atoms with Crippen LogP contribution in [0.3, 0.4) is 0 Å². The van der Waals surface area contributed by atoms with Crippen LogP contribution in [-0.2, 0) is 4.74 Å². The molecule has 1 fully saturated rings. The van der Waals surface area contributed by atoms with Crippen molar-refractivity contribution < 1.29 is 9.84 Å². The Bertz CT molecular complexity index is 229. The lowest BCUT2D eigenvalue weighted by Gasteiger charge is -2.29. The van der Waals surface area contributed by atoms with Crippen LogP contribution in [0.25, 0.3) is 0 Å². The fourth-order valence-corrected chi connectivity index (χ4v) is 2.69. The van der Waals surface area contributed by atoms with Crippen LogP contribution in [0.5, 0.6) is 0 Å². The number of rotatable bonds is 7. The molecule has 1 saturated carbocycles. The van der Waals surface area contributed by atoms with Crippen molar-refractivity contribution in [2.24, 2.45) is 5.41 Å². The topological polar surface area (TPSA) is 41.5 Å². The van der Waals surface area contributed by atoms with E-state index in [9.17, 15) is 5.11 Å². The van der Waals surface area contributed by atoms with E-state index in [-0.39, 0.29) is 5.60 Å². The van der Waals surface area contributed by atoms with Crippen molar-refractivity contribution in [1.82, 2.24) is 5.32 Å². The maximum absolute atomic E-state index is 9.86. The Morgan fingerprint density at radius 2 is 1.89 bits per heavy atom. The molecule has 0 spiro atoms. The fraction of sp³-hybridized carbons (Fsp3) is 1.00. The summed E-state index contributed by atoms with van der Waals surface area (Å²) in [4.78, 5) is 0. The van der Waals surface area contributed by atoms with E-state index in [2.05, 4.69) is 12.2 Å². The largest absolute Gasteiger partial charge is 0.389 e. The van der Waals surface area contributed by atoms with Crippen molar-refractivity contribution >= 4 is 0 Å². The molecule has 0 radical (unpaired) electrons. The van der Waals surface area contributed by atoms with Gasteiger partial charge in [0, 0.05) is 13.1 Å². The number of hydrogen-bond donors (Lipinski definition) is 2. The molecular weight excluding hydrogens is 226 g/mol. The molecule has 108 valence electrons. The first kappa shape index (κ1) is 15.9. The third kappa shape index (κ3) is 5.68. The van der Waals surface area contributed by atoms with Gasteiger partial charge in [-0.25, -0.2) is 0 Å². The first-order valence-corrected chi connectivity index (χ1v) is 7.40. The average Bonchev–Trinajstić information content (AvgIpc) is 2.75. The molecule has 0 aromatic rings. The molecule has 0 bridgehead atoms. The number of hydrogen-bond acceptors (Lipinski definition) is 3. The van der Waals surface area contributed by atoms with E-state index in [1.54, 1.807) is 0 Å².